The van der Waals surface area contributed by atoms with Crippen LogP contribution in [-0.4, -0.2) is 11.6 Å². The van der Waals surface area contributed by atoms with Crippen LogP contribution < -0.4 is 5.43 Å². The Kier molecular flexibility index (Phi) is 3.92. The molecule has 2 atom stereocenters. The van der Waals surface area contributed by atoms with E-state index in [0.29, 0.717) is 11.3 Å². The number of nitrogens with zero attached hydrogens (tertiary/aromatic N) is 1. The third-order valence-corrected chi connectivity index (χ3v) is 7.21. The molecule has 3 rings (SSSR count). The van der Waals surface area contributed by atoms with Gasteiger partial charge in [-0.25, -0.2) is 5.43 Å². The first-order valence-electron chi connectivity index (χ1n) is 8.33. The monoisotopic (exact) mass is 318 g/mol. The zero-order valence-corrected chi connectivity index (χ0v) is 14.8. The predicted octanol–water partition coefficient (Wildman–Crippen LogP) is 4.63. The number of hydrogen-bond donors (Lipinski definition) is 1. The van der Waals surface area contributed by atoms with Gasteiger partial charge in [0, 0.05) is 21.4 Å². The first-order chi connectivity index (χ1) is 10.4. The molecule has 1 heterocycles. The zero-order valence-electron chi connectivity index (χ0n) is 14.0. The van der Waals surface area contributed by atoms with Gasteiger partial charge in [-0.05, 0) is 43.1 Å². The SMILES string of the molecule is CCCc1cc(C(=O)N/N=C2\C[C@H]3CC[C@@]2(C)C3(C)C)cs1. The molecule has 2 fully saturated rings. The van der Waals surface area contributed by atoms with Crippen molar-refractivity contribution in [3.63, 3.8) is 0 Å². The Labute approximate surface area is 137 Å². The summed E-state index contributed by atoms with van der Waals surface area (Å²) < 4.78 is 0. The summed E-state index contributed by atoms with van der Waals surface area (Å²) in [6.07, 6.45) is 5.67. The largest absolute Gasteiger partial charge is 0.272 e. The normalized spacial score (nSPS) is 30.9. The molecular weight excluding hydrogens is 292 g/mol. The summed E-state index contributed by atoms with van der Waals surface area (Å²) in [5, 5.41) is 6.46. The number of amides is 1. The molecule has 3 nitrogen and oxygen atoms in total. The molecule has 0 unspecified atom stereocenters. The number of rotatable bonds is 4. The predicted molar refractivity (Wildman–Crippen MR) is 92.4 cm³/mol. The Morgan fingerprint density at radius 1 is 1.45 bits per heavy atom. The van der Waals surface area contributed by atoms with Crippen LogP contribution in [0.3, 0.4) is 0 Å². The van der Waals surface area contributed by atoms with E-state index in [0.717, 1.165) is 24.8 Å². The van der Waals surface area contributed by atoms with Crippen LogP contribution in [0.2, 0.25) is 0 Å². The molecule has 0 aromatic carbocycles. The van der Waals surface area contributed by atoms with E-state index >= 15 is 0 Å². The van der Waals surface area contributed by atoms with Gasteiger partial charge in [0.1, 0.15) is 0 Å². The quantitative estimate of drug-likeness (QED) is 0.808. The highest BCUT2D eigenvalue weighted by Crippen LogP contribution is 2.63. The average molecular weight is 318 g/mol. The van der Waals surface area contributed by atoms with E-state index in [1.807, 2.05) is 11.4 Å². The molecule has 1 aromatic heterocycles. The van der Waals surface area contributed by atoms with Gasteiger partial charge in [0.2, 0.25) is 0 Å². The summed E-state index contributed by atoms with van der Waals surface area (Å²) in [5.74, 6) is 0.640. The fourth-order valence-corrected chi connectivity index (χ4v) is 5.13. The van der Waals surface area contributed by atoms with E-state index in [9.17, 15) is 4.79 Å². The van der Waals surface area contributed by atoms with E-state index in [2.05, 4.69) is 38.2 Å². The summed E-state index contributed by atoms with van der Waals surface area (Å²) in [6, 6.07) is 2.00. The summed E-state index contributed by atoms with van der Waals surface area (Å²) in [6.45, 7) is 9.17. The number of carbonyl (C=O) groups excluding carboxylic acids is 1. The fraction of sp³-hybridized carbons (Fsp3) is 0.667. The van der Waals surface area contributed by atoms with Crippen LogP contribution in [0.5, 0.6) is 0 Å². The van der Waals surface area contributed by atoms with Crippen molar-refractivity contribution in [3.8, 4) is 0 Å². The van der Waals surface area contributed by atoms with E-state index in [-0.39, 0.29) is 11.3 Å². The topological polar surface area (TPSA) is 41.5 Å². The smallest absolute Gasteiger partial charge is 0.267 e. The van der Waals surface area contributed by atoms with Crippen LogP contribution in [0, 0.1) is 16.7 Å². The molecule has 22 heavy (non-hydrogen) atoms. The number of aryl methyl sites for hydroxylation is 1. The van der Waals surface area contributed by atoms with Crippen molar-refractivity contribution < 1.29 is 4.79 Å². The molecule has 0 aliphatic heterocycles. The molecule has 1 aromatic rings. The Balaban J connectivity index is 1.70. The standard InChI is InChI=1S/C18H26N2OS/c1-5-6-14-9-12(11-22-14)16(21)20-19-15-10-13-7-8-18(15,4)17(13,2)3/h9,11,13H,5-8,10H2,1-4H3,(H,20,21)/b19-15+/t13-,18-/m1/s1. The average Bonchev–Trinajstić information content (AvgIpc) is 3.07. The number of hydrogen-bond acceptors (Lipinski definition) is 3. The number of thiophene rings is 1. The molecule has 2 saturated carbocycles. The Bertz CT molecular complexity index is 616. The highest BCUT2D eigenvalue weighted by Gasteiger charge is 2.59. The maximum Gasteiger partial charge on any atom is 0.272 e. The lowest BCUT2D eigenvalue weighted by Crippen LogP contribution is -2.34. The van der Waals surface area contributed by atoms with Crippen LogP contribution >= 0.6 is 11.3 Å². The molecule has 0 spiro atoms. The van der Waals surface area contributed by atoms with Crippen molar-refractivity contribution in [1.29, 1.82) is 0 Å². The van der Waals surface area contributed by atoms with Crippen molar-refractivity contribution in [1.82, 2.24) is 5.43 Å². The van der Waals surface area contributed by atoms with Gasteiger partial charge in [0.15, 0.2) is 0 Å². The number of hydrazone groups is 1. The lowest BCUT2D eigenvalue weighted by Gasteiger charge is -2.34. The lowest BCUT2D eigenvalue weighted by molar-refractivity contribution is 0.0954. The van der Waals surface area contributed by atoms with Crippen molar-refractivity contribution in [3.05, 3.63) is 21.9 Å². The number of fused-ring (bicyclic) bond motifs is 2. The van der Waals surface area contributed by atoms with Crippen molar-refractivity contribution in [2.24, 2.45) is 21.8 Å². The second-order valence-electron chi connectivity index (χ2n) is 7.54. The van der Waals surface area contributed by atoms with Crippen LogP contribution in [0.1, 0.15) is 68.6 Å². The fourth-order valence-electron chi connectivity index (χ4n) is 4.16. The van der Waals surface area contributed by atoms with Crippen LogP contribution in [0.25, 0.3) is 0 Å². The molecule has 0 radical (unpaired) electrons. The minimum atomic E-state index is -0.0738. The zero-order chi connectivity index (χ0) is 16.0. The Morgan fingerprint density at radius 2 is 2.23 bits per heavy atom. The van der Waals surface area contributed by atoms with Crippen LogP contribution in [-0.2, 0) is 6.42 Å². The molecule has 1 amide bonds. The molecule has 0 saturated heterocycles. The maximum atomic E-state index is 12.3. The first kappa shape index (κ1) is 15.7. The highest BCUT2D eigenvalue weighted by atomic mass is 32.1. The van der Waals surface area contributed by atoms with Crippen molar-refractivity contribution in [2.45, 2.75) is 59.8 Å². The molecule has 120 valence electrons. The van der Waals surface area contributed by atoms with E-state index in [1.54, 1.807) is 11.3 Å². The first-order valence-corrected chi connectivity index (χ1v) is 9.21. The summed E-state index contributed by atoms with van der Waals surface area (Å²) in [5.41, 5.74) is 5.17. The summed E-state index contributed by atoms with van der Waals surface area (Å²) in [4.78, 5) is 13.6. The molecule has 2 bridgehead atoms. The second kappa shape index (κ2) is 5.48. The summed E-state index contributed by atoms with van der Waals surface area (Å²) in [7, 11) is 0. The molecule has 2 aliphatic rings. The van der Waals surface area contributed by atoms with Gasteiger partial charge in [0.05, 0.1) is 5.56 Å². The third-order valence-electron chi connectivity index (χ3n) is 6.22. The van der Waals surface area contributed by atoms with Gasteiger partial charge in [-0.1, -0.05) is 34.1 Å². The Hall–Kier alpha value is -1.16. The molecule has 1 N–H and O–H groups in total. The highest BCUT2D eigenvalue weighted by molar-refractivity contribution is 7.10. The van der Waals surface area contributed by atoms with Crippen molar-refractivity contribution >= 4 is 23.0 Å². The van der Waals surface area contributed by atoms with E-state index in [4.69, 9.17) is 0 Å². The van der Waals surface area contributed by atoms with Crippen LogP contribution in [0.15, 0.2) is 16.5 Å². The minimum absolute atomic E-state index is 0.0738. The minimum Gasteiger partial charge on any atom is -0.267 e. The second-order valence-corrected chi connectivity index (χ2v) is 8.54. The molecule has 4 heteroatoms. The van der Waals surface area contributed by atoms with Gasteiger partial charge in [-0.2, -0.15) is 5.10 Å². The van der Waals surface area contributed by atoms with E-state index < -0.39 is 0 Å². The van der Waals surface area contributed by atoms with Gasteiger partial charge in [0.25, 0.3) is 5.91 Å². The molecule has 2 aliphatic carbocycles. The van der Waals surface area contributed by atoms with Gasteiger partial charge in [-0.3, -0.25) is 4.79 Å². The van der Waals surface area contributed by atoms with Gasteiger partial charge >= 0.3 is 0 Å². The number of carbonyl (C=O) groups is 1. The third kappa shape index (κ3) is 2.32. The Morgan fingerprint density at radius 3 is 2.82 bits per heavy atom. The van der Waals surface area contributed by atoms with Gasteiger partial charge < -0.3 is 0 Å². The lowest BCUT2D eigenvalue weighted by atomic mass is 9.70. The van der Waals surface area contributed by atoms with Crippen molar-refractivity contribution in [2.75, 3.05) is 0 Å². The maximum absolute atomic E-state index is 12.3. The summed E-state index contributed by atoms with van der Waals surface area (Å²) >= 11 is 1.66. The van der Waals surface area contributed by atoms with E-state index in [1.165, 1.54) is 23.4 Å². The van der Waals surface area contributed by atoms with Crippen LogP contribution in [0.4, 0.5) is 0 Å². The molecular formula is C18H26N2OS. The van der Waals surface area contributed by atoms with Gasteiger partial charge in [-0.15, -0.1) is 11.3 Å². The number of nitrogens with one attached hydrogen (secondary N) is 1.